The van der Waals surface area contributed by atoms with E-state index in [4.69, 9.17) is 4.74 Å². The number of piperidine rings is 1. The van der Waals surface area contributed by atoms with E-state index >= 15 is 0 Å². The lowest BCUT2D eigenvalue weighted by molar-refractivity contribution is -0.146. The van der Waals surface area contributed by atoms with Crippen LogP contribution in [0, 0.1) is 5.92 Å². The molecule has 2 atom stereocenters. The Morgan fingerprint density at radius 2 is 2.05 bits per heavy atom. The summed E-state index contributed by atoms with van der Waals surface area (Å²) in [5.41, 5.74) is 0.664. The molecule has 0 spiro atoms. The topological polar surface area (TPSA) is 84.5 Å². The van der Waals surface area contributed by atoms with Gasteiger partial charge in [0.2, 0.25) is 11.8 Å². The maximum Gasteiger partial charge on any atom is 0.333 e. The molecule has 0 aliphatic carbocycles. The third-order valence-electron chi connectivity index (χ3n) is 3.49. The Bertz CT molecular complexity index is 520. The first kappa shape index (κ1) is 15.0. The highest BCUT2D eigenvalue weighted by Gasteiger charge is 2.29. The molecule has 2 N–H and O–H groups in total. The molecule has 1 fully saturated rings. The first-order valence-corrected chi connectivity index (χ1v) is 6.81. The van der Waals surface area contributed by atoms with Crippen molar-refractivity contribution in [2.24, 2.45) is 5.92 Å². The maximum absolute atomic E-state index is 12.2. The smallest absolute Gasteiger partial charge is 0.333 e. The predicted molar refractivity (Wildman–Crippen MR) is 75.1 cm³/mol. The molecule has 0 bridgehead atoms. The zero-order chi connectivity index (χ0) is 15.2. The van der Waals surface area contributed by atoms with Crippen LogP contribution in [0.3, 0.4) is 0 Å². The minimum Gasteiger partial charge on any atom is -0.467 e. The van der Waals surface area contributed by atoms with Gasteiger partial charge >= 0.3 is 5.97 Å². The van der Waals surface area contributed by atoms with Gasteiger partial charge in [0.25, 0.3) is 0 Å². The summed E-state index contributed by atoms with van der Waals surface area (Å²) in [4.78, 5) is 35.2. The lowest BCUT2D eigenvalue weighted by Gasteiger charge is -2.24. The average molecular weight is 290 g/mol. The second kappa shape index (κ2) is 6.88. The van der Waals surface area contributed by atoms with Crippen molar-refractivity contribution in [1.29, 1.82) is 0 Å². The zero-order valence-electron chi connectivity index (χ0n) is 11.8. The second-order valence-electron chi connectivity index (χ2n) is 4.92. The van der Waals surface area contributed by atoms with E-state index in [1.807, 2.05) is 6.07 Å². The molecule has 6 nitrogen and oxygen atoms in total. The summed E-state index contributed by atoms with van der Waals surface area (Å²) < 4.78 is 4.75. The van der Waals surface area contributed by atoms with Crippen molar-refractivity contribution in [3.63, 3.8) is 0 Å². The third kappa shape index (κ3) is 3.81. The van der Waals surface area contributed by atoms with Gasteiger partial charge in [-0.15, -0.1) is 0 Å². The largest absolute Gasteiger partial charge is 0.467 e. The molecule has 0 radical (unpaired) electrons. The van der Waals surface area contributed by atoms with E-state index in [1.54, 1.807) is 24.3 Å². The summed E-state index contributed by atoms with van der Waals surface area (Å²) in [7, 11) is 1.28. The first-order chi connectivity index (χ1) is 10.1. The number of nitrogens with one attached hydrogen (secondary N) is 2. The standard InChI is InChI=1S/C15H18N2O4/c1-21-15(20)13(10-5-3-2-4-6-10)17-14(19)11-7-8-12(18)16-9-11/h2-6,11,13H,7-9H2,1H3,(H,16,18)(H,17,19). The van der Waals surface area contributed by atoms with Gasteiger partial charge in [0, 0.05) is 13.0 Å². The van der Waals surface area contributed by atoms with Crippen LogP contribution in [0.15, 0.2) is 30.3 Å². The van der Waals surface area contributed by atoms with Crippen LogP contribution in [0.2, 0.25) is 0 Å². The van der Waals surface area contributed by atoms with Crippen LogP contribution in [0.1, 0.15) is 24.4 Å². The lowest BCUT2D eigenvalue weighted by atomic mass is 9.97. The van der Waals surface area contributed by atoms with Crippen molar-refractivity contribution in [2.45, 2.75) is 18.9 Å². The summed E-state index contributed by atoms with van der Waals surface area (Å²) in [5, 5.41) is 5.36. The summed E-state index contributed by atoms with van der Waals surface area (Å²) in [6, 6.07) is 8.09. The van der Waals surface area contributed by atoms with E-state index < -0.39 is 12.0 Å². The van der Waals surface area contributed by atoms with Crippen LogP contribution in [0.25, 0.3) is 0 Å². The van der Waals surface area contributed by atoms with Gasteiger partial charge in [-0.2, -0.15) is 0 Å². The van der Waals surface area contributed by atoms with Crippen molar-refractivity contribution in [2.75, 3.05) is 13.7 Å². The fourth-order valence-corrected chi connectivity index (χ4v) is 2.26. The number of hydrogen-bond donors (Lipinski definition) is 2. The summed E-state index contributed by atoms with van der Waals surface area (Å²) >= 11 is 0. The Hall–Kier alpha value is -2.37. The Morgan fingerprint density at radius 3 is 2.62 bits per heavy atom. The molecule has 1 aromatic rings. The van der Waals surface area contributed by atoms with Gasteiger partial charge in [-0.3, -0.25) is 9.59 Å². The molecule has 1 aliphatic heterocycles. The number of ether oxygens (including phenoxy) is 1. The Balaban J connectivity index is 2.07. The molecule has 2 rings (SSSR count). The van der Waals surface area contributed by atoms with Crippen molar-refractivity contribution in [3.8, 4) is 0 Å². The normalized spacial score (nSPS) is 19.3. The fourth-order valence-electron chi connectivity index (χ4n) is 2.26. The van der Waals surface area contributed by atoms with E-state index in [0.717, 1.165) is 0 Å². The molecule has 0 aromatic heterocycles. The Morgan fingerprint density at radius 1 is 1.33 bits per heavy atom. The number of methoxy groups -OCH3 is 1. The van der Waals surface area contributed by atoms with Crippen molar-refractivity contribution in [1.82, 2.24) is 10.6 Å². The Labute approximate surface area is 122 Å². The quantitative estimate of drug-likeness (QED) is 0.793. The summed E-state index contributed by atoms with van der Waals surface area (Å²) in [6.07, 6.45) is 0.812. The van der Waals surface area contributed by atoms with Crippen LogP contribution in [-0.2, 0) is 19.1 Å². The van der Waals surface area contributed by atoms with Gasteiger partial charge in [0.05, 0.1) is 13.0 Å². The van der Waals surface area contributed by atoms with Crippen molar-refractivity contribution < 1.29 is 19.1 Å². The number of rotatable bonds is 4. The first-order valence-electron chi connectivity index (χ1n) is 6.81. The van der Waals surface area contributed by atoms with Crippen LogP contribution in [0.4, 0.5) is 0 Å². The Kier molecular flexibility index (Phi) is 4.92. The molecular weight excluding hydrogens is 272 g/mol. The van der Waals surface area contributed by atoms with Gasteiger partial charge in [0.1, 0.15) is 0 Å². The lowest BCUT2D eigenvalue weighted by Crippen LogP contribution is -2.45. The molecule has 6 heteroatoms. The molecule has 21 heavy (non-hydrogen) atoms. The number of benzene rings is 1. The van der Waals surface area contributed by atoms with E-state index in [9.17, 15) is 14.4 Å². The maximum atomic E-state index is 12.2. The second-order valence-corrected chi connectivity index (χ2v) is 4.92. The number of esters is 1. The molecule has 1 saturated heterocycles. The number of hydrogen-bond acceptors (Lipinski definition) is 4. The van der Waals surface area contributed by atoms with E-state index in [-0.39, 0.29) is 17.7 Å². The summed E-state index contributed by atoms with van der Waals surface area (Å²) in [5.74, 6) is -1.14. The molecule has 1 heterocycles. The van der Waals surface area contributed by atoms with Gasteiger partial charge in [-0.1, -0.05) is 30.3 Å². The molecule has 112 valence electrons. The SMILES string of the molecule is COC(=O)C(NC(=O)C1CCC(=O)NC1)c1ccccc1. The molecule has 1 aromatic carbocycles. The van der Waals surface area contributed by atoms with E-state index in [0.29, 0.717) is 24.9 Å². The summed E-state index contributed by atoms with van der Waals surface area (Å²) in [6.45, 7) is 0.299. The molecular formula is C15H18N2O4. The van der Waals surface area contributed by atoms with Gasteiger partial charge in [0.15, 0.2) is 6.04 Å². The minimum atomic E-state index is -0.832. The average Bonchev–Trinajstić information content (AvgIpc) is 2.53. The highest BCUT2D eigenvalue weighted by Crippen LogP contribution is 2.17. The van der Waals surface area contributed by atoms with Crippen LogP contribution >= 0.6 is 0 Å². The highest BCUT2D eigenvalue weighted by atomic mass is 16.5. The van der Waals surface area contributed by atoms with Crippen molar-refractivity contribution >= 4 is 17.8 Å². The molecule has 0 saturated carbocycles. The molecule has 2 amide bonds. The van der Waals surface area contributed by atoms with Crippen molar-refractivity contribution in [3.05, 3.63) is 35.9 Å². The van der Waals surface area contributed by atoms with Gasteiger partial charge in [-0.05, 0) is 12.0 Å². The zero-order valence-corrected chi connectivity index (χ0v) is 11.8. The predicted octanol–water partition coefficient (Wildman–Crippen LogP) is 0.543. The fraction of sp³-hybridized carbons (Fsp3) is 0.400. The highest BCUT2D eigenvalue weighted by molar-refractivity contribution is 5.88. The van der Waals surface area contributed by atoms with E-state index in [1.165, 1.54) is 7.11 Å². The number of carbonyl (C=O) groups is 3. The van der Waals surface area contributed by atoms with Crippen LogP contribution in [0.5, 0.6) is 0 Å². The molecule has 1 aliphatic rings. The van der Waals surface area contributed by atoms with Gasteiger partial charge < -0.3 is 15.4 Å². The van der Waals surface area contributed by atoms with Crippen LogP contribution < -0.4 is 10.6 Å². The minimum absolute atomic E-state index is 0.0494. The third-order valence-corrected chi connectivity index (χ3v) is 3.49. The van der Waals surface area contributed by atoms with E-state index in [2.05, 4.69) is 10.6 Å². The van der Waals surface area contributed by atoms with Crippen LogP contribution in [-0.4, -0.2) is 31.4 Å². The van der Waals surface area contributed by atoms with Gasteiger partial charge in [-0.25, -0.2) is 4.79 Å². The number of amides is 2. The number of carbonyl (C=O) groups excluding carboxylic acids is 3. The molecule has 2 unspecified atom stereocenters. The monoisotopic (exact) mass is 290 g/mol.